The molecule has 0 spiro atoms. The van der Waals surface area contributed by atoms with Gasteiger partial charge in [0.2, 0.25) is 0 Å². The van der Waals surface area contributed by atoms with E-state index in [0.29, 0.717) is 5.41 Å². The van der Waals surface area contributed by atoms with Gasteiger partial charge in [0.05, 0.1) is 0 Å². The van der Waals surface area contributed by atoms with Gasteiger partial charge in [-0.2, -0.15) is 11.8 Å². The van der Waals surface area contributed by atoms with Crippen LogP contribution < -0.4 is 5.32 Å². The minimum atomic E-state index is 0.221. The summed E-state index contributed by atoms with van der Waals surface area (Å²) in [5.41, 5.74) is 0.622. The van der Waals surface area contributed by atoms with Crippen molar-refractivity contribution in [2.45, 2.75) is 66.0 Å². The Morgan fingerprint density at radius 1 is 1.26 bits per heavy atom. The summed E-state index contributed by atoms with van der Waals surface area (Å²) < 4.78 is 0. The molecule has 1 aliphatic heterocycles. The average molecular weight is 287 g/mol. The normalized spacial score (nSPS) is 25.3. The highest BCUT2D eigenvalue weighted by atomic mass is 32.2. The van der Waals surface area contributed by atoms with Gasteiger partial charge in [-0.3, -0.25) is 4.90 Å². The third-order valence-corrected chi connectivity index (χ3v) is 5.18. The molecule has 0 saturated carbocycles. The predicted molar refractivity (Wildman–Crippen MR) is 89.1 cm³/mol. The minimum Gasteiger partial charge on any atom is -0.311 e. The van der Waals surface area contributed by atoms with Gasteiger partial charge in [-0.15, -0.1) is 0 Å². The van der Waals surface area contributed by atoms with Crippen LogP contribution in [0, 0.1) is 5.41 Å². The van der Waals surface area contributed by atoms with Crippen LogP contribution in [0.25, 0.3) is 0 Å². The summed E-state index contributed by atoms with van der Waals surface area (Å²) >= 11 is 2.11. The van der Waals surface area contributed by atoms with E-state index in [1.54, 1.807) is 0 Å². The number of nitrogens with one attached hydrogen (secondary N) is 1. The standard InChI is InChI=1S/C16H34N2S/c1-7-8-16(6,12-17-15(3,4)5)13-18-9-10-19-11-14(18)2/h14,17H,7-13H2,1-6H3. The molecule has 1 heterocycles. The lowest BCUT2D eigenvalue weighted by Gasteiger charge is -2.42. The molecule has 1 saturated heterocycles. The predicted octanol–water partition coefficient (Wildman–Crippen LogP) is 3.62. The molecule has 0 aliphatic carbocycles. The van der Waals surface area contributed by atoms with Gasteiger partial charge in [-0.25, -0.2) is 0 Å². The summed E-state index contributed by atoms with van der Waals surface area (Å²) in [6.07, 6.45) is 2.59. The van der Waals surface area contributed by atoms with E-state index in [2.05, 4.69) is 63.5 Å². The number of rotatable bonds is 6. The largest absolute Gasteiger partial charge is 0.311 e. The molecule has 114 valence electrons. The quantitative estimate of drug-likeness (QED) is 0.803. The first-order valence-corrected chi connectivity index (χ1v) is 8.98. The van der Waals surface area contributed by atoms with Gasteiger partial charge < -0.3 is 5.32 Å². The first kappa shape index (κ1) is 17.3. The van der Waals surface area contributed by atoms with Gasteiger partial charge in [0.25, 0.3) is 0 Å². The molecule has 0 aromatic rings. The zero-order valence-electron chi connectivity index (χ0n) is 13.9. The van der Waals surface area contributed by atoms with E-state index in [1.807, 2.05) is 0 Å². The molecule has 19 heavy (non-hydrogen) atoms. The second kappa shape index (κ2) is 7.33. The molecule has 0 aromatic carbocycles. The Balaban J connectivity index is 2.58. The van der Waals surface area contributed by atoms with Crippen molar-refractivity contribution in [3.8, 4) is 0 Å². The summed E-state index contributed by atoms with van der Waals surface area (Å²) in [5.74, 6) is 2.61. The van der Waals surface area contributed by atoms with E-state index in [9.17, 15) is 0 Å². The SMILES string of the molecule is CCCC(C)(CNC(C)(C)C)CN1CCSCC1C. The van der Waals surface area contributed by atoms with Crippen LogP contribution in [0.5, 0.6) is 0 Å². The fraction of sp³-hybridized carbons (Fsp3) is 1.00. The lowest BCUT2D eigenvalue weighted by molar-refractivity contribution is 0.121. The van der Waals surface area contributed by atoms with E-state index < -0.39 is 0 Å². The van der Waals surface area contributed by atoms with Crippen LogP contribution in [0.2, 0.25) is 0 Å². The van der Waals surface area contributed by atoms with E-state index >= 15 is 0 Å². The maximum absolute atomic E-state index is 3.72. The Hall–Kier alpha value is 0.270. The number of nitrogens with zero attached hydrogens (tertiary/aromatic N) is 1. The fourth-order valence-electron chi connectivity index (χ4n) is 2.79. The lowest BCUT2D eigenvalue weighted by Crippen LogP contribution is -2.51. The Morgan fingerprint density at radius 2 is 1.95 bits per heavy atom. The van der Waals surface area contributed by atoms with E-state index in [4.69, 9.17) is 0 Å². The van der Waals surface area contributed by atoms with Crippen molar-refractivity contribution in [3.63, 3.8) is 0 Å². The number of hydrogen-bond acceptors (Lipinski definition) is 3. The van der Waals surface area contributed by atoms with E-state index in [1.165, 1.54) is 37.4 Å². The van der Waals surface area contributed by atoms with Crippen LogP contribution in [-0.4, -0.2) is 47.6 Å². The molecule has 2 atom stereocenters. The van der Waals surface area contributed by atoms with Gasteiger partial charge >= 0.3 is 0 Å². The smallest absolute Gasteiger partial charge is 0.0158 e. The van der Waals surface area contributed by atoms with Crippen LogP contribution in [0.15, 0.2) is 0 Å². The first-order valence-electron chi connectivity index (χ1n) is 7.82. The van der Waals surface area contributed by atoms with Crippen molar-refractivity contribution >= 4 is 11.8 Å². The Morgan fingerprint density at radius 3 is 2.47 bits per heavy atom. The minimum absolute atomic E-state index is 0.221. The van der Waals surface area contributed by atoms with Crippen molar-refractivity contribution in [2.24, 2.45) is 5.41 Å². The third-order valence-electron chi connectivity index (χ3n) is 3.99. The fourth-order valence-corrected chi connectivity index (χ4v) is 3.87. The second-order valence-corrected chi connectivity index (χ2v) is 8.71. The summed E-state index contributed by atoms with van der Waals surface area (Å²) in [6, 6.07) is 0.740. The van der Waals surface area contributed by atoms with Gasteiger partial charge in [0.1, 0.15) is 0 Å². The lowest BCUT2D eigenvalue weighted by atomic mass is 9.83. The van der Waals surface area contributed by atoms with Crippen LogP contribution in [-0.2, 0) is 0 Å². The average Bonchev–Trinajstić information content (AvgIpc) is 2.29. The molecule has 1 fully saturated rings. The maximum atomic E-state index is 3.72. The van der Waals surface area contributed by atoms with Crippen molar-refractivity contribution in [2.75, 3.05) is 31.1 Å². The van der Waals surface area contributed by atoms with Crippen LogP contribution >= 0.6 is 11.8 Å². The molecule has 0 bridgehead atoms. The highest BCUT2D eigenvalue weighted by molar-refractivity contribution is 7.99. The molecule has 0 aromatic heterocycles. The summed E-state index contributed by atoms with van der Waals surface area (Å²) in [4.78, 5) is 2.70. The molecule has 1 rings (SSSR count). The monoisotopic (exact) mass is 286 g/mol. The summed E-state index contributed by atoms with van der Waals surface area (Å²) in [6.45, 7) is 17.6. The van der Waals surface area contributed by atoms with Gasteiger partial charge in [0.15, 0.2) is 0 Å². The molecule has 0 radical (unpaired) electrons. The van der Waals surface area contributed by atoms with Gasteiger partial charge in [-0.05, 0) is 39.5 Å². The van der Waals surface area contributed by atoms with Gasteiger partial charge in [0, 0.05) is 42.7 Å². The number of thioether (sulfide) groups is 1. The first-order chi connectivity index (χ1) is 8.76. The third kappa shape index (κ3) is 6.50. The van der Waals surface area contributed by atoms with Crippen molar-refractivity contribution < 1.29 is 0 Å². The molecule has 1 aliphatic rings. The molecule has 0 amide bonds. The Bertz CT molecular complexity index is 262. The highest BCUT2D eigenvalue weighted by Crippen LogP contribution is 2.28. The van der Waals surface area contributed by atoms with Crippen molar-refractivity contribution in [1.29, 1.82) is 0 Å². The molecule has 2 unspecified atom stereocenters. The zero-order valence-corrected chi connectivity index (χ0v) is 14.7. The van der Waals surface area contributed by atoms with E-state index in [0.717, 1.165) is 12.6 Å². The molecular weight excluding hydrogens is 252 g/mol. The Kier molecular flexibility index (Phi) is 6.68. The maximum Gasteiger partial charge on any atom is 0.0158 e. The highest BCUT2D eigenvalue weighted by Gasteiger charge is 2.30. The van der Waals surface area contributed by atoms with Crippen LogP contribution in [0.4, 0.5) is 0 Å². The van der Waals surface area contributed by atoms with Crippen LogP contribution in [0.3, 0.4) is 0 Å². The summed E-state index contributed by atoms with van der Waals surface area (Å²) in [5, 5.41) is 3.72. The zero-order chi connectivity index (χ0) is 14.5. The number of hydrogen-bond donors (Lipinski definition) is 1. The van der Waals surface area contributed by atoms with Gasteiger partial charge in [-0.1, -0.05) is 20.3 Å². The van der Waals surface area contributed by atoms with Crippen molar-refractivity contribution in [1.82, 2.24) is 10.2 Å². The Labute approximate surface area is 125 Å². The molecule has 1 N–H and O–H groups in total. The van der Waals surface area contributed by atoms with Crippen LogP contribution in [0.1, 0.15) is 54.4 Å². The van der Waals surface area contributed by atoms with E-state index in [-0.39, 0.29) is 5.54 Å². The second-order valence-electron chi connectivity index (χ2n) is 7.56. The van der Waals surface area contributed by atoms with Crippen molar-refractivity contribution in [3.05, 3.63) is 0 Å². The summed E-state index contributed by atoms with van der Waals surface area (Å²) in [7, 11) is 0. The molecular formula is C16H34N2S. The molecule has 3 heteroatoms. The molecule has 2 nitrogen and oxygen atoms in total. The topological polar surface area (TPSA) is 15.3 Å².